The molecule has 2 rings (SSSR count). The maximum Gasteiger partial charge on any atom is 0.309 e. The fourth-order valence-corrected chi connectivity index (χ4v) is 2.58. The summed E-state index contributed by atoms with van der Waals surface area (Å²) in [7, 11) is 0. The van der Waals surface area contributed by atoms with Gasteiger partial charge in [0.15, 0.2) is 0 Å². The highest BCUT2D eigenvalue weighted by molar-refractivity contribution is 5.75. The highest BCUT2D eigenvalue weighted by atomic mass is 16.4. The van der Waals surface area contributed by atoms with Crippen LogP contribution >= 0.6 is 0 Å². The van der Waals surface area contributed by atoms with Crippen molar-refractivity contribution in [2.45, 2.75) is 32.1 Å². The Morgan fingerprint density at radius 3 is 2.56 bits per heavy atom. The highest BCUT2D eigenvalue weighted by Crippen LogP contribution is 2.41. The number of hydrogen-bond acceptors (Lipinski definition) is 2. The molecule has 16 heavy (non-hydrogen) atoms. The molecular weight excluding hydrogens is 204 g/mol. The van der Waals surface area contributed by atoms with E-state index < -0.39 is 11.4 Å². The van der Waals surface area contributed by atoms with Crippen molar-refractivity contribution in [2.24, 2.45) is 5.41 Å². The van der Waals surface area contributed by atoms with Crippen molar-refractivity contribution >= 4 is 5.97 Å². The summed E-state index contributed by atoms with van der Waals surface area (Å²) in [6.07, 6.45) is 4.00. The van der Waals surface area contributed by atoms with Crippen LogP contribution in [0.15, 0.2) is 24.3 Å². The highest BCUT2D eigenvalue weighted by Gasteiger charge is 2.41. The molecule has 0 aromatic heterocycles. The Hall–Kier alpha value is -1.51. The average molecular weight is 220 g/mol. The zero-order valence-electron chi connectivity index (χ0n) is 9.15. The average Bonchev–Trinajstić information content (AvgIpc) is 2.67. The van der Waals surface area contributed by atoms with Crippen LogP contribution < -0.4 is 0 Å². The lowest BCUT2D eigenvalue weighted by molar-refractivity contribution is -0.148. The molecule has 1 aromatic carbocycles. The number of carboxylic acid groups (broad SMARTS) is 1. The van der Waals surface area contributed by atoms with Crippen LogP contribution in [0.1, 0.15) is 31.2 Å². The minimum absolute atomic E-state index is 0.205. The third-order valence-corrected chi connectivity index (χ3v) is 3.47. The molecule has 3 heteroatoms. The maximum absolute atomic E-state index is 11.4. The van der Waals surface area contributed by atoms with Crippen LogP contribution in [0.4, 0.5) is 0 Å². The normalized spacial score (nSPS) is 18.5. The van der Waals surface area contributed by atoms with Crippen LogP contribution in [0.25, 0.3) is 0 Å². The molecule has 86 valence electrons. The van der Waals surface area contributed by atoms with Crippen LogP contribution in [-0.4, -0.2) is 16.2 Å². The summed E-state index contributed by atoms with van der Waals surface area (Å²) in [6.45, 7) is 0. The summed E-state index contributed by atoms with van der Waals surface area (Å²) in [5.74, 6) is -0.496. The molecule has 2 N–H and O–H groups in total. The first-order valence-corrected chi connectivity index (χ1v) is 5.64. The molecule has 1 aliphatic carbocycles. The minimum atomic E-state index is -0.701. The number of aliphatic carboxylic acids is 1. The molecule has 1 aromatic rings. The Bertz CT molecular complexity index is 392. The lowest BCUT2D eigenvalue weighted by Crippen LogP contribution is -2.30. The van der Waals surface area contributed by atoms with Crippen LogP contribution in [0, 0.1) is 5.41 Å². The predicted molar refractivity (Wildman–Crippen MR) is 60.3 cm³/mol. The molecule has 0 radical (unpaired) electrons. The van der Waals surface area contributed by atoms with E-state index in [1.54, 1.807) is 18.2 Å². The molecule has 0 bridgehead atoms. The monoisotopic (exact) mass is 220 g/mol. The first-order valence-electron chi connectivity index (χ1n) is 5.64. The van der Waals surface area contributed by atoms with Crippen molar-refractivity contribution in [1.82, 2.24) is 0 Å². The number of benzene rings is 1. The molecule has 1 fully saturated rings. The summed E-state index contributed by atoms with van der Waals surface area (Å²) in [4.78, 5) is 11.4. The maximum atomic E-state index is 11.4. The topological polar surface area (TPSA) is 57.5 Å². The van der Waals surface area contributed by atoms with Gasteiger partial charge in [0.25, 0.3) is 0 Å². The van der Waals surface area contributed by atoms with Crippen molar-refractivity contribution in [2.75, 3.05) is 0 Å². The van der Waals surface area contributed by atoms with E-state index in [4.69, 9.17) is 0 Å². The second-order valence-corrected chi connectivity index (χ2v) is 4.64. The quantitative estimate of drug-likeness (QED) is 0.823. The van der Waals surface area contributed by atoms with Gasteiger partial charge in [-0.25, -0.2) is 0 Å². The molecule has 0 saturated heterocycles. The summed E-state index contributed by atoms with van der Waals surface area (Å²) in [5.41, 5.74) is 0.303. The summed E-state index contributed by atoms with van der Waals surface area (Å²) >= 11 is 0. The summed E-state index contributed by atoms with van der Waals surface area (Å²) in [5, 5.41) is 18.7. The molecule has 0 atom stereocenters. The number of carboxylic acids is 1. The van der Waals surface area contributed by atoms with Gasteiger partial charge < -0.3 is 10.2 Å². The Labute approximate surface area is 94.7 Å². The van der Waals surface area contributed by atoms with Gasteiger partial charge in [-0.05, 0) is 37.0 Å². The van der Waals surface area contributed by atoms with E-state index in [9.17, 15) is 15.0 Å². The minimum Gasteiger partial charge on any atom is -0.508 e. The molecular formula is C13H16O3. The largest absolute Gasteiger partial charge is 0.508 e. The smallest absolute Gasteiger partial charge is 0.309 e. The third-order valence-electron chi connectivity index (χ3n) is 3.47. The number of carbonyl (C=O) groups is 1. The lowest BCUT2D eigenvalue weighted by Gasteiger charge is -2.23. The Balaban J connectivity index is 2.21. The van der Waals surface area contributed by atoms with Crippen LogP contribution in [0.2, 0.25) is 0 Å². The van der Waals surface area contributed by atoms with Crippen molar-refractivity contribution in [3.8, 4) is 5.75 Å². The first kappa shape index (κ1) is 11.0. The SMILES string of the molecule is O=C(O)C1(Cc2cccc(O)c2)CCCC1. The number of rotatable bonds is 3. The standard InChI is InChI=1S/C13H16O3/c14-11-5-3-4-10(8-11)9-13(12(15)16)6-1-2-7-13/h3-5,8,14H,1-2,6-7,9H2,(H,15,16). The van der Waals surface area contributed by atoms with Gasteiger partial charge in [-0.15, -0.1) is 0 Å². The number of phenolic OH excluding ortho intramolecular Hbond substituents is 1. The van der Waals surface area contributed by atoms with Gasteiger partial charge in [0.05, 0.1) is 5.41 Å². The molecule has 0 amide bonds. The number of hydrogen-bond donors (Lipinski definition) is 2. The van der Waals surface area contributed by atoms with E-state index in [1.165, 1.54) is 0 Å². The molecule has 3 nitrogen and oxygen atoms in total. The van der Waals surface area contributed by atoms with Crippen molar-refractivity contribution in [3.05, 3.63) is 29.8 Å². The summed E-state index contributed by atoms with van der Waals surface area (Å²) in [6, 6.07) is 6.90. The zero-order chi connectivity index (χ0) is 11.6. The van der Waals surface area contributed by atoms with Crippen LogP contribution in [-0.2, 0) is 11.2 Å². The van der Waals surface area contributed by atoms with Gasteiger partial charge in [0.2, 0.25) is 0 Å². The van der Waals surface area contributed by atoms with Crippen LogP contribution in [0.5, 0.6) is 5.75 Å². The summed E-state index contributed by atoms with van der Waals surface area (Å²) < 4.78 is 0. The second-order valence-electron chi connectivity index (χ2n) is 4.64. The van der Waals surface area contributed by atoms with Gasteiger partial charge in [0, 0.05) is 0 Å². The van der Waals surface area contributed by atoms with Crippen molar-refractivity contribution in [3.63, 3.8) is 0 Å². The van der Waals surface area contributed by atoms with Gasteiger partial charge in [-0.1, -0.05) is 25.0 Å². The van der Waals surface area contributed by atoms with Gasteiger partial charge in [0.1, 0.15) is 5.75 Å². The van der Waals surface area contributed by atoms with Crippen molar-refractivity contribution < 1.29 is 15.0 Å². The fraction of sp³-hybridized carbons (Fsp3) is 0.462. The van der Waals surface area contributed by atoms with E-state index in [1.807, 2.05) is 6.07 Å². The van der Waals surface area contributed by atoms with E-state index in [-0.39, 0.29) is 5.75 Å². The fourth-order valence-electron chi connectivity index (χ4n) is 2.58. The Morgan fingerprint density at radius 2 is 2.00 bits per heavy atom. The molecule has 0 heterocycles. The van der Waals surface area contributed by atoms with E-state index >= 15 is 0 Å². The number of phenols is 1. The van der Waals surface area contributed by atoms with Gasteiger partial charge >= 0.3 is 5.97 Å². The predicted octanol–water partition coefficient (Wildman–Crippen LogP) is 2.58. The zero-order valence-corrected chi connectivity index (χ0v) is 9.15. The van der Waals surface area contributed by atoms with Crippen LogP contribution in [0.3, 0.4) is 0 Å². The third kappa shape index (κ3) is 2.03. The molecule has 1 saturated carbocycles. The molecule has 0 aliphatic heterocycles. The van der Waals surface area contributed by atoms with Gasteiger partial charge in [-0.3, -0.25) is 4.79 Å². The molecule has 1 aliphatic rings. The second kappa shape index (κ2) is 4.16. The molecule has 0 unspecified atom stereocenters. The first-order chi connectivity index (χ1) is 7.62. The number of aromatic hydroxyl groups is 1. The molecule has 0 spiro atoms. The Morgan fingerprint density at radius 1 is 1.31 bits per heavy atom. The van der Waals surface area contributed by atoms with Gasteiger partial charge in [-0.2, -0.15) is 0 Å². The van der Waals surface area contributed by atoms with E-state index in [0.29, 0.717) is 6.42 Å². The Kier molecular flexibility index (Phi) is 2.86. The van der Waals surface area contributed by atoms with Crippen molar-refractivity contribution in [1.29, 1.82) is 0 Å². The van der Waals surface area contributed by atoms with E-state index in [0.717, 1.165) is 31.2 Å². The lowest BCUT2D eigenvalue weighted by atomic mass is 9.80. The van der Waals surface area contributed by atoms with E-state index in [2.05, 4.69) is 0 Å².